The molecule has 1 atom stereocenters. The number of hydrogen-bond acceptors (Lipinski definition) is 4. The van der Waals surface area contributed by atoms with Gasteiger partial charge in [-0.25, -0.2) is 0 Å². The standard InChI is InChI=1S/C23H29NO4/c1-4-15-28-21-13-10-18(16-22(21)27-5-2)23(25)24-14-6-7-20(24)17-8-11-19(26-3)12-9-17/h8-13,16,20H,4-7,14-15H2,1-3H3. The first-order valence-corrected chi connectivity index (χ1v) is 10.0. The maximum Gasteiger partial charge on any atom is 0.254 e. The van der Waals surface area contributed by atoms with Crippen LogP contribution in [0.3, 0.4) is 0 Å². The monoisotopic (exact) mass is 383 g/mol. The molecule has 1 amide bonds. The highest BCUT2D eigenvalue weighted by Gasteiger charge is 2.31. The second kappa shape index (κ2) is 9.49. The second-order valence-corrected chi connectivity index (χ2v) is 6.87. The van der Waals surface area contributed by atoms with Gasteiger partial charge in [0, 0.05) is 12.1 Å². The molecule has 5 heteroatoms. The zero-order valence-electron chi connectivity index (χ0n) is 16.9. The van der Waals surface area contributed by atoms with E-state index in [1.54, 1.807) is 13.2 Å². The summed E-state index contributed by atoms with van der Waals surface area (Å²) in [5, 5.41) is 0. The smallest absolute Gasteiger partial charge is 0.254 e. The number of rotatable bonds is 8. The van der Waals surface area contributed by atoms with Gasteiger partial charge in [0.05, 0.1) is 26.4 Å². The maximum absolute atomic E-state index is 13.2. The molecule has 0 radical (unpaired) electrons. The Balaban J connectivity index is 1.82. The lowest BCUT2D eigenvalue weighted by molar-refractivity contribution is 0.0735. The largest absolute Gasteiger partial charge is 0.497 e. The van der Waals surface area contributed by atoms with Crippen molar-refractivity contribution in [2.75, 3.05) is 26.9 Å². The first-order valence-electron chi connectivity index (χ1n) is 10.0. The van der Waals surface area contributed by atoms with Crippen molar-refractivity contribution >= 4 is 5.91 Å². The van der Waals surface area contributed by atoms with Crippen molar-refractivity contribution in [3.05, 3.63) is 53.6 Å². The highest BCUT2D eigenvalue weighted by Crippen LogP contribution is 2.35. The fourth-order valence-corrected chi connectivity index (χ4v) is 3.59. The number of carbonyl (C=O) groups excluding carboxylic acids is 1. The number of ether oxygens (including phenoxy) is 3. The molecule has 5 nitrogen and oxygen atoms in total. The van der Waals surface area contributed by atoms with E-state index in [0.717, 1.165) is 37.1 Å². The molecule has 1 fully saturated rings. The third kappa shape index (κ3) is 4.41. The van der Waals surface area contributed by atoms with Gasteiger partial charge in [-0.2, -0.15) is 0 Å². The molecule has 1 unspecified atom stereocenters. The molecule has 1 aliphatic heterocycles. The van der Waals surface area contributed by atoms with Crippen molar-refractivity contribution in [3.63, 3.8) is 0 Å². The Morgan fingerprint density at radius 3 is 2.54 bits per heavy atom. The first kappa shape index (κ1) is 20.1. The van der Waals surface area contributed by atoms with Crippen LogP contribution in [0.5, 0.6) is 17.2 Å². The van der Waals surface area contributed by atoms with E-state index in [2.05, 4.69) is 6.92 Å². The third-order valence-electron chi connectivity index (χ3n) is 4.97. The van der Waals surface area contributed by atoms with Gasteiger partial charge in [-0.1, -0.05) is 19.1 Å². The predicted octanol–water partition coefficient (Wildman–Crippen LogP) is 4.86. The highest BCUT2D eigenvalue weighted by atomic mass is 16.5. The van der Waals surface area contributed by atoms with Gasteiger partial charge in [-0.3, -0.25) is 4.79 Å². The molecule has 2 aromatic rings. The van der Waals surface area contributed by atoms with Gasteiger partial charge in [0.25, 0.3) is 5.91 Å². The molecule has 0 saturated carbocycles. The Hall–Kier alpha value is -2.69. The van der Waals surface area contributed by atoms with Crippen LogP contribution < -0.4 is 14.2 Å². The predicted molar refractivity (Wildman–Crippen MR) is 109 cm³/mol. The van der Waals surface area contributed by atoms with Crippen molar-refractivity contribution in [3.8, 4) is 17.2 Å². The molecule has 150 valence electrons. The van der Waals surface area contributed by atoms with E-state index in [-0.39, 0.29) is 11.9 Å². The van der Waals surface area contributed by atoms with Crippen LogP contribution in [0.25, 0.3) is 0 Å². The molecule has 0 bridgehead atoms. The van der Waals surface area contributed by atoms with Crippen LogP contribution in [-0.2, 0) is 0 Å². The van der Waals surface area contributed by atoms with E-state index in [0.29, 0.717) is 30.3 Å². The van der Waals surface area contributed by atoms with Crippen LogP contribution in [0.1, 0.15) is 55.1 Å². The minimum Gasteiger partial charge on any atom is -0.497 e. The lowest BCUT2D eigenvalue weighted by Gasteiger charge is -2.26. The summed E-state index contributed by atoms with van der Waals surface area (Å²) in [6.07, 6.45) is 2.89. The van der Waals surface area contributed by atoms with Crippen molar-refractivity contribution in [2.45, 2.75) is 39.2 Å². The molecule has 1 saturated heterocycles. The summed E-state index contributed by atoms with van der Waals surface area (Å²) in [4.78, 5) is 15.2. The van der Waals surface area contributed by atoms with E-state index in [9.17, 15) is 4.79 Å². The number of nitrogens with zero attached hydrogens (tertiary/aromatic N) is 1. The summed E-state index contributed by atoms with van der Waals surface area (Å²) >= 11 is 0. The van der Waals surface area contributed by atoms with Gasteiger partial charge in [-0.15, -0.1) is 0 Å². The lowest BCUT2D eigenvalue weighted by Crippen LogP contribution is -2.30. The second-order valence-electron chi connectivity index (χ2n) is 6.87. The quantitative estimate of drug-likeness (QED) is 0.653. The Kier molecular flexibility index (Phi) is 6.80. The number of amides is 1. The third-order valence-corrected chi connectivity index (χ3v) is 4.97. The maximum atomic E-state index is 13.2. The summed E-state index contributed by atoms with van der Waals surface area (Å²) in [6, 6.07) is 13.5. The topological polar surface area (TPSA) is 48.0 Å². The molecule has 1 aliphatic rings. The normalized spacial score (nSPS) is 16.1. The fraction of sp³-hybridized carbons (Fsp3) is 0.435. The van der Waals surface area contributed by atoms with Crippen molar-refractivity contribution in [1.82, 2.24) is 4.90 Å². The Morgan fingerprint density at radius 2 is 1.86 bits per heavy atom. The molecule has 28 heavy (non-hydrogen) atoms. The van der Waals surface area contributed by atoms with Crippen LogP contribution >= 0.6 is 0 Å². The highest BCUT2D eigenvalue weighted by molar-refractivity contribution is 5.95. The van der Waals surface area contributed by atoms with Crippen molar-refractivity contribution in [2.24, 2.45) is 0 Å². The molecule has 2 aromatic carbocycles. The summed E-state index contributed by atoms with van der Waals surface area (Å²) in [6.45, 7) is 5.90. The number of hydrogen-bond donors (Lipinski definition) is 0. The van der Waals surface area contributed by atoms with Gasteiger partial charge in [-0.05, 0) is 62.1 Å². The Labute approximate surface area is 167 Å². The molecule has 0 N–H and O–H groups in total. The molecule has 0 spiro atoms. The first-order chi connectivity index (χ1) is 13.7. The molecule has 1 heterocycles. The molecule has 3 rings (SSSR count). The van der Waals surface area contributed by atoms with Crippen LogP contribution in [-0.4, -0.2) is 37.7 Å². The van der Waals surface area contributed by atoms with Gasteiger partial charge in [0.2, 0.25) is 0 Å². The summed E-state index contributed by atoms with van der Waals surface area (Å²) in [5.74, 6) is 2.17. The van der Waals surface area contributed by atoms with E-state index in [1.165, 1.54) is 0 Å². The van der Waals surface area contributed by atoms with Gasteiger partial charge in [0.1, 0.15) is 5.75 Å². The fourth-order valence-electron chi connectivity index (χ4n) is 3.59. The minimum absolute atomic E-state index is 0.0290. The van der Waals surface area contributed by atoms with E-state index < -0.39 is 0 Å². The SMILES string of the molecule is CCCOc1ccc(C(=O)N2CCCC2c2ccc(OC)cc2)cc1OCC. The van der Waals surface area contributed by atoms with Crippen molar-refractivity contribution < 1.29 is 19.0 Å². The molecule has 0 aromatic heterocycles. The van der Waals surface area contributed by atoms with Gasteiger partial charge >= 0.3 is 0 Å². The minimum atomic E-state index is 0.0290. The average molecular weight is 383 g/mol. The Morgan fingerprint density at radius 1 is 1.07 bits per heavy atom. The van der Waals surface area contributed by atoms with Crippen LogP contribution in [0.2, 0.25) is 0 Å². The number of likely N-dealkylation sites (tertiary alicyclic amines) is 1. The summed E-state index contributed by atoms with van der Waals surface area (Å²) < 4.78 is 16.7. The van der Waals surface area contributed by atoms with Gasteiger partial charge in [0.15, 0.2) is 11.5 Å². The zero-order valence-corrected chi connectivity index (χ0v) is 16.9. The zero-order chi connectivity index (χ0) is 19.9. The van der Waals surface area contributed by atoms with Crippen molar-refractivity contribution in [1.29, 1.82) is 0 Å². The lowest BCUT2D eigenvalue weighted by atomic mass is 10.0. The van der Waals surface area contributed by atoms with Crippen LogP contribution in [0.4, 0.5) is 0 Å². The number of benzene rings is 2. The summed E-state index contributed by atoms with van der Waals surface area (Å²) in [5.41, 5.74) is 1.77. The van der Waals surface area contributed by atoms with Gasteiger partial charge < -0.3 is 19.1 Å². The number of carbonyl (C=O) groups is 1. The molecule has 0 aliphatic carbocycles. The Bertz CT molecular complexity index is 788. The molecular formula is C23H29NO4. The average Bonchev–Trinajstić information content (AvgIpc) is 3.22. The molecular weight excluding hydrogens is 354 g/mol. The van der Waals surface area contributed by atoms with Crippen LogP contribution in [0, 0.1) is 0 Å². The summed E-state index contributed by atoms with van der Waals surface area (Å²) in [7, 11) is 1.66. The van der Waals surface area contributed by atoms with E-state index in [1.807, 2.05) is 48.2 Å². The number of methoxy groups -OCH3 is 1. The van der Waals surface area contributed by atoms with Crippen LogP contribution in [0.15, 0.2) is 42.5 Å². The van der Waals surface area contributed by atoms with E-state index in [4.69, 9.17) is 14.2 Å². The van der Waals surface area contributed by atoms with E-state index >= 15 is 0 Å².